The van der Waals surface area contributed by atoms with Crippen molar-refractivity contribution < 1.29 is 9.90 Å². The first-order valence-corrected chi connectivity index (χ1v) is 5.97. The molecule has 1 rings (SSSR count). The van der Waals surface area contributed by atoms with Crippen molar-refractivity contribution >= 4 is 5.97 Å². The van der Waals surface area contributed by atoms with Crippen LogP contribution in [0.4, 0.5) is 0 Å². The van der Waals surface area contributed by atoms with E-state index in [0.717, 1.165) is 25.4 Å². The Morgan fingerprint density at radius 1 is 1.56 bits per heavy atom. The van der Waals surface area contributed by atoms with Crippen LogP contribution in [0.25, 0.3) is 0 Å². The molecule has 0 aromatic rings. The quantitative estimate of drug-likeness (QED) is 0.766. The summed E-state index contributed by atoms with van der Waals surface area (Å²) in [6.07, 6.45) is 2.34. The van der Waals surface area contributed by atoms with E-state index in [9.17, 15) is 4.79 Å². The van der Waals surface area contributed by atoms with Gasteiger partial charge in [-0.15, -0.1) is 0 Å². The molecule has 1 saturated heterocycles. The molecule has 94 valence electrons. The van der Waals surface area contributed by atoms with E-state index in [1.54, 1.807) is 13.8 Å². The summed E-state index contributed by atoms with van der Waals surface area (Å²) in [6, 6.07) is 0. The van der Waals surface area contributed by atoms with Gasteiger partial charge < -0.3 is 10.0 Å². The smallest absolute Gasteiger partial charge is 0.323 e. The Morgan fingerprint density at radius 2 is 2.19 bits per heavy atom. The highest BCUT2D eigenvalue weighted by Crippen LogP contribution is 2.20. The van der Waals surface area contributed by atoms with Crippen molar-refractivity contribution in [1.82, 2.24) is 9.80 Å². The van der Waals surface area contributed by atoms with Crippen molar-refractivity contribution in [1.29, 1.82) is 0 Å². The van der Waals surface area contributed by atoms with Gasteiger partial charge in [0.2, 0.25) is 0 Å². The molecular weight excluding hydrogens is 204 g/mol. The van der Waals surface area contributed by atoms with Gasteiger partial charge in [0.05, 0.1) is 0 Å². The van der Waals surface area contributed by atoms with Crippen LogP contribution in [0.2, 0.25) is 0 Å². The van der Waals surface area contributed by atoms with E-state index in [1.807, 2.05) is 11.9 Å². The monoisotopic (exact) mass is 228 g/mol. The summed E-state index contributed by atoms with van der Waals surface area (Å²) < 4.78 is 0. The number of carboxylic acid groups (broad SMARTS) is 1. The average molecular weight is 228 g/mol. The minimum Gasteiger partial charge on any atom is -0.480 e. The van der Waals surface area contributed by atoms with Crippen molar-refractivity contribution in [2.45, 2.75) is 32.2 Å². The first-order chi connectivity index (χ1) is 7.34. The Labute approximate surface area is 98.2 Å². The molecule has 0 bridgehead atoms. The summed E-state index contributed by atoms with van der Waals surface area (Å²) in [6.45, 7) is 6.71. The standard InChI is InChI=1S/C12H24N2O2/c1-12(2,11(15)16)14(4)8-6-10-5-7-13(3)9-10/h10H,5-9H2,1-4H3,(H,15,16). The molecule has 1 unspecified atom stereocenters. The Kier molecular flexibility index (Phi) is 4.33. The van der Waals surface area contributed by atoms with Gasteiger partial charge in [-0.05, 0) is 59.8 Å². The lowest BCUT2D eigenvalue weighted by Gasteiger charge is -2.32. The highest BCUT2D eigenvalue weighted by Gasteiger charge is 2.32. The lowest BCUT2D eigenvalue weighted by molar-refractivity contribution is -0.148. The fourth-order valence-corrected chi connectivity index (χ4v) is 2.08. The van der Waals surface area contributed by atoms with Gasteiger partial charge in [-0.2, -0.15) is 0 Å². The second-order valence-corrected chi connectivity index (χ2v) is 5.49. The van der Waals surface area contributed by atoms with Crippen LogP contribution in [0.15, 0.2) is 0 Å². The van der Waals surface area contributed by atoms with Crippen molar-refractivity contribution in [2.75, 3.05) is 33.7 Å². The van der Waals surface area contributed by atoms with Crippen LogP contribution in [0.1, 0.15) is 26.7 Å². The molecule has 0 amide bonds. The maximum atomic E-state index is 11.1. The van der Waals surface area contributed by atoms with E-state index >= 15 is 0 Å². The van der Waals surface area contributed by atoms with Crippen molar-refractivity contribution in [3.05, 3.63) is 0 Å². The van der Waals surface area contributed by atoms with Crippen molar-refractivity contribution in [3.8, 4) is 0 Å². The van der Waals surface area contributed by atoms with Crippen molar-refractivity contribution in [2.24, 2.45) is 5.92 Å². The van der Waals surface area contributed by atoms with E-state index < -0.39 is 11.5 Å². The summed E-state index contributed by atoms with van der Waals surface area (Å²) >= 11 is 0. The first-order valence-electron chi connectivity index (χ1n) is 5.97. The molecule has 0 aromatic heterocycles. The van der Waals surface area contributed by atoms with Crippen LogP contribution in [-0.2, 0) is 4.79 Å². The summed E-state index contributed by atoms with van der Waals surface area (Å²) in [7, 11) is 4.04. The molecule has 0 aromatic carbocycles. The Morgan fingerprint density at radius 3 is 2.62 bits per heavy atom. The average Bonchev–Trinajstić information content (AvgIpc) is 2.60. The SMILES string of the molecule is CN1CCC(CCN(C)C(C)(C)C(=O)O)C1. The summed E-state index contributed by atoms with van der Waals surface area (Å²) in [5.41, 5.74) is -0.759. The van der Waals surface area contributed by atoms with Gasteiger partial charge >= 0.3 is 5.97 Å². The molecule has 1 atom stereocenters. The highest BCUT2D eigenvalue weighted by atomic mass is 16.4. The third-order valence-electron chi connectivity index (χ3n) is 3.84. The molecule has 4 heteroatoms. The zero-order valence-electron chi connectivity index (χ0n) is 10.9. The van der Waals surface area contributed by atoms with Gasteiger partial charge in [-0.1, -0.05) is 0 Å². The lowest BCUT2D eigenvalue weighted by Crippen LogP contribution is -2.48. The number of carboxylic acids is 1. The molecule has 1 N–H and O–H groups in total. The fraction of sp³-hybridized carbons (Fsp3) is 0.917. The molecule has 0 spiro atoms. The van der Waals surface area contributed by atoms with Gasteiger partial charge in [-0.3, -0.25) is 9.69 Å². The number of hydrogen-bond acceptors (Lipinski definition) is 3. The highest BCUT2D eigenvalue weighted by molar-refractivity contribution is 5.77. The molecule has 1 heterocycles. The predicted molar refractivity (Wildman–Crippen MR) is 64.6 cm³/mol. The molecule has 0 saturated carbocycles. The maximum absolute atomic E-state index is 11.1. The summed E-state index contributed by atoms with van der Waals surface area (Å²) in [5, 5.41) is 9.10. The molecule has 4 nitrogen and oxygen atoms in total. The first kappa shape index (κ1) is 13.5. The minimum absolute atomic E-state index is 0.733. The molecule has 1 fully saturated rings. The molecule has 0 aliphatic carbocycles. The second kappa shape index (κ2) is 5.15. The van der Waals surface area contributed by atoms with E-state index in [2.05, 4.69) is 11.9 Å². The van der Waals surface area contributed by atoms with Gasteiger partial charge in [0, 0.05) is 6.54 Å². The minimum atomic E-state index is -0.759. The number of rotatable bonds is 5. The number of nitrogens with zero attached hydrogens (tertiary/aromatic N) is 2. The van der Waals surface area contributed by atoms with E-state index in [-0.39, 0.29) is 0 Å². The fourth-order valence-electron chi connectivity index (χ4n) is 2.08. The molecule has 1 aliphatic heterocycles. The molecule has 16 heavy (non-hydrogen) atoms. The van der Waals surface area contributed by atoms with Gasteiger partial charge in [0.1, 0.15) is 5.54 Å². The lowest BCUT2D eigenvalue weighted by atomic mass is 10.0. The number of carbonyl (C=O) groups is 1. The van der Waals surface area contributed by atoms with E-state index in [0.29, 0.717) is 0 Å². The number of likely N-dealkylation sites (N-methyl/N-ethyl adjacent to an activating group) is 1. The second-order valence-electron chi connectivity index (χ2n) is 5.49. The van der Waals surface area contributed by atoms with E-state index in [1.165, 1.54) is 13.0 Å². The Bertz CT molecular complexity index is 253. The zero-order valence-corrected chi connectivity index (χ0v) is 10.9. The van der Waals surface area contributed by atoms with Crippen molar-refractivity contribution in [3.63, 3.8) is 0 Å². The Hall–Kier alpha value is -0.610. The number of hydrogen-bond donors (Lipinski definition) is 1. The van der Waals surface area contributed by atoms with Crippen LogP contribution in [0.3, 0.4) is 0 Å². The van der Waals surface area contributed by atoms with Crippen LogP contribution in [-0.4, -0.2) is 60.1 Å². The predicted octanol–water partition coefficient (Wildman–Crippen LogP) is 1.12. The van der Waals surface area contributed by atoms with Gasteiger partial charge in [0.15, 0.2) is 0 Å². The topological polar surface area (TPSA) is 43.8 Å². The van der Waals surface area contributed by atoms with E-state index in [4.69, 9.17) is 5.11 Å². The largest absolute Gasteiger partial charge is 0.480 e. The zero-order chi connectivity index (χ0) is 12.3. The van der Waals surface area contributed by atoms with Gasteiger partial charge in [0.25, 0.3) is 0 Å². The summed E-state index contributed by atoms with van der Waals surface area (Å²) in [4.78, 5) is 15.3. The van der Waals surface area contributed by atoms with Crippen LogP contribution >= 0.6 is 0 Å². The molecular formula is C12H24N2O2. The summed E-state index contributed by atoms with van der Waals surface area (Å²) in [5.74, 6) is -0.0180. The van der Waals surface area contributed by atoms with Crippen LogP contribution < -0.4 is 0 Å². The molecule has 1 aliphatic rings. The van der Waals surface area contributed by atoms with Crippen LogP contribution in [0, 0.1) is 5.92 Å². The number of aliphatic carboxylic acids is 1. The number of likely N-dealkylation sites (tertiary alicyclic amines) is 1. The van der Waals surface area contributed by atoms with Gasteiger partial charge in [-0.25, -0.2) is 0 Å². The normalized spacial score (nSPS) is 22.9. The Balaban J connectivity index is 2.35. The third kappa shape index (κ3) is 3.19. The maximum Gasteiger partial charge on any atom is 0.323 e. The van der Waals surface area contributed by atoms with Crippen LogP contribution in [0.5, 0.6) is 0 Å². The third-order valence-corrected chi connectivity index (χ3v) is 3.84. The molecule has 0 radical (unpaired) electrons.